The molecule has 0 amide bonds. The van der Waals surface area contributed by atoms with Crippen molar-refractivity contribution in [1.29, 1.82) is 0 Å². The Morgan fingerprint density at radius 1 is 0.316 bits per heavy atom. The highest BCUT2D eigenvalue weighted by Crippen LogP contribution is 2.19. The van der Waals surface area contributed by atoms with Gasteiger partial charge < -0.3 is 33.3 Å². The van der Waals surface area contributed by atoms with Gasteiger partial charge in [0.2, 0.25) is 0 Å². The molecular weight excluding hydrogens is 1170 g/mol. The molecule has 0 aromatic heterocycles. The van der Waals surface area contributed by atoms with Crippen molar-refractivity contribution in [2.24, 2.45) is 0 Å². The zero-order valence-electron chi connectivity index (χ0n) is 62.5. The second-order valence-electron chi connectivity index (χ2n) is 27.6. The largest absolute Gasteiger partial charge is 0.545 e. The van der Waals surface area contributed by atoms with Crippen LogP contribution in [0.4, 0.5) is 0 Å². The second-order valence-corrected chi connectivity index (χ2v) is 27.6. The predicted molar refractivity (Wildman–Crippen MR) is 407 cm³/mol. The molecule has 0 rings (SSSR count). The van der Waals surface area contributed by atoms with Crippen molar-refractivity contribution in [1.82, 2.24) is 0 Å². The van der Waals surface area contributed by atoms with Crippen molar-refractivity contribution < 1.29 is 42.9 Å². The van der Waals surface area contributed by atoms with Crippen molar-refractivity contribution in [3.8, 4) is 0 Å². The quantitative estimate of drug-likeness (QED) is 0.0195. The SMILES string of the molecule is CC/C=C\C/C=C\C/C=C\C/C=C\C/C=C\C/C=C\CCCCCCCCCCCCC(=O)OC(COC(=O)CCCCCCCCCCCCCCCCCCCCCCCCCCCCCC/C=C\C/C=C\C/C=C\C/C=C\CC)COC(OCC[N+](C)(C)C)C(=O)[O-]. The van der Waals surface area contributed by atoms with E-state index in [0.717, 1.165) is 109 Å². The first-order valence-electron chi connectivity index (χ1n) is 39.7. The first kappa shape index (κ1) is 90.7. The molecule has 2 unspecified atom stereocenters. The number of carboxylic acids is 1. The fourth-order valence-electron chi connectivity index (χ4n) is 11.2. The number of carboxylic acid groups (broad SMARTS) is 1. The van der Waals surface area contributed by atoms with Crippen LogP contribution >= 0.6 is 0 Å². The summed E-state index contributed by atoms with van der Waals surface area (Å²) >= 11 is 0. The Kier molecular flexibility index (Phi) is 72.0. The Balaban J connectivity index is 3.99. The maximum atomic E-state index is 13.0. The van der Waals surface area contributed by atoms with Gasteiger partial charge in [0.25, 0.3) is 0 Å². The van der Waals surface area contributed by atoms with E-state index in [4.69, 9.17) is 18.9 Å². The van der Waals surface area contributed by atoms with Crippen LogP contribution in [0.2, 0.25) is 0 Å². The smallest absolute Gasteiger partial charge is 0.306 e. The minimum absolute atomic E-state index is 0.144. The molecule has 0 aromatic rings. The third kappa shape index (κ3) is 76.9. The summed E-state index contributed by atoms with van der Waals surface area (Å²) in [6, 6.07) is 0. The molecule has 0 aliphatic carbocycles. The van der Waals surface area contributed by atoms with Crippen molar-refractivity contribution in [3.63, 3.8) is 0 Å². The molecule has 0 fully saturated rings. The van der Waals surface area contributed by atoms with Crippen molar-refractivity contribution >= 4 is 17.9 Å². The number of hydrogen-bond acceptors (Lipinski definition) is 8. The Hall–Kier alpha value is -4.31. The summed E-state index contributed by atoms with van der Waals surface area (Å²) in [6.45, 7) is 4.55. The lowest BCUT2D eigenvalue weighted by Gasteiger charge is -2.26. The number of allylic oxidation sites excluding steroid dienone is 20. The molecule has 0 heterocycles. The molecule has 0 saturated heterocycles. The standard InChI is InChI=1S/C86H149NO8/c1-6-8-10-12-14-16-18-20-22-24-26-28-30-32-34-36-37-38-39-40-41-42-43-44-45-46-47-49-50-52-54-56-58-60-62-64-66-68-70-72-74-76-83(88)93-80-82(81-94-86(85(90)91)92-79-78-87(3,4)5)95-84(89)77-75-73-71-69-67-65-63-61-59-57-55-53-51-48-35-33-31-29-27-25-23-21-19-17-15-13-11-9-7-2/h8-11,14-17,20-23,26-29,33,35,51,53,82,86H,6-7,12-13,18-19,24-25,30-32,34,36-50,52,54-81H2,1-5H3/b10-8-,11-9-,16-14-,17-15-,22-20-,23-21-,28-26-,29-27-,35-33-,53-51-. The number of hydrogen-bond donors (Lipinski definition) is 0. The highest BCUT2D eigenvalue weighted by molar-refractivity contribution is 5.70. The summed E-state index contributed by atoms with van der Waals surface area (Å²) in [6.07, 6.45) is 105. The highest BCUT2D eigenvalue weighted by atomic mass is 16.7. The summed E-state index contributed by atoms with van der Waals surface area (Å²) in [4.78, 5) is 37.6. The number of carbonyl (C=O) groups excluding carboxylic acids is 3. The van der Waals surface area contributed by atoms with Gasteiger partial charge in [-0.1, -0.05) is 354 Å². The van der Waals surface area contributed by atoms with Gasteiger partial charge in [-0.2, -0.15) is 0 Å². The average Bonchev–Trinajstić information content (AvgIpc) is 2.86. The maximum absolute atomic E-state index is 13.0. The van der Waals surface area contributed by atoms with Gasteiger partial charge in [0, 0.05) is 12.8 Å². The lowest BCUT2D eigenvalue weighted by Crippen LogP contribution is -2.44. The van der Waals surface area contributed by atoms with E-state index < -0.39 is 24.3 Å². The Morgan fingerprint density at radius 2 is 0.568 bits per heavy atom. The minimum Gasteiger partial charge on any atom is -0.545 e. The molecule has 2 atom stereocenters. The average molecular weight is 1330 g/mol. The van der Waals surface area contributed by atoms with Crippen LogP contribution < -0.4 is 5.11 Å². The molecule has 95 heavy (non-hydrogen) atoms. The van der Waals surface area contributed by atoms with Crippen LogP contribution in [-0.4, -0.2) is 82.3 Å². The first-order valence-corrected chi connectivity index (χ1v) is 39.7. The van der Waals surface area contributed by atoms with Crippen molar-refractivity contribution in [2.75, 3.05) is 47.5 Å². The van der Waals surface area contributed by atoms with E-state index >= 15 is 0 Å². The third-order valence-electron chi connectivity index (χ3n) is 17.2. The lowest BCUT2D eigenvalue weighted by molar-refractivity contribution is -0.870. The Bertz CT molecular complexity index is 1980. The van der Waals surface area contributed by atoms with E-state index in [2.05, 4.69) is 135 Å². The Labute approximate surface area is 587 Å². The zero-order chi connectivity index (χ0) is 69.0. The molecule has 0 saturated carbocycles. The van der Waals surface area contributed by atoms with E-state index in [9.17, 15) is 19.5 Å². The molecule has 0 N–H and O–H groups in total. The van der Waals surface area contributed by atoms with Gasteiger partial charge in [-0.25, -0.2) is 0 Å². The molecule has 0 bridgehead atoms. The molecule has 0 radical (unpaired) electrons. The Morgan fingerprint density at radius 3 is 0.842 bits per heavy atom. The molecule has 0 aromatic carbocycles. The number of esters is 2. The lowest BCUT2D eigenvalue weighted by atomic mass is 10.0. The van der Waals surface area contributed by atoms with Gasteiger partial charge in [0.05, 0.1) is 40.3 Å². The van der Waals surface area contributed by atoms with Crippen LogP contribution in [0.5, 0.6) is 0 Å². The van der Waals surface area contributed by atoms with Gasteiger partial charge in [0.1, 0.15) is 13.2 Å². The molecule has 0 spiro atoms. The summed E-state index contributed by atoms with van der Waals surface area (Å²) in [7, 11) is 5.94. The summed E-state index contributed by atoms with van der Waals surface area (Å²) in [5.41, 5.74) is 0. The topological polar surface area (TPSA) is 111 Å². The normalized spacial score (nSPS) is 13.3. The van der Waals surface area contributed by atoms with E-state index in [1.165, 1.54) is 205 Å². The monoisotopic (exact) mass is 1320 g/mol. The van der Waals surface area contributed by atoms with Gasteiger partial charge in [-0.05, 0) is 103 Å². The van der Waals surface area contributed by atoms with Gasteiger partial charge in [-0.3, -0.25) is 9.59 Å². The van der Waals surface area contributed by atoms with E-state index in [0.29, 0.717) is 23.9 Å². The minimum atomic E-state index is -1.63. The number of likely N-dealkylation sites (N-methyl/N-ethyl adjacent to an activating group) is 1. The van der Waals surface area contributed by atoms with Crippen LogP contribution in [0.25, 0.3) is 0 Å². The third-order valence-corrected chi connectivity index (χ3v) is 17.2. The molecule has 546 valence electrons. The van der Waals surface area contributed by atoms with Crippen LogP contribution in [0.15, 0.2) is 122 Å². The van der Waals surface area contributed by atoms with Crippen LogP contribution in [0, 0.1) is 0 Å². The molecular formula is C86H149NO8. The van der Waals surface area contributed by atoms with Gasteiger partial charge >= 0.3 is 11.9 Å². The highest BCUT2D eigenvalue weighted by Gasteiger charge is 2.22. The predicted octanol–water partition coefficient (Wildman–Crippen LogP) is 24.1. The van der Waals surface area contributed by atoms with Gasteiger partial charge in [-0.15, -0.1) is 0 Å². The van der Waals surface area contributed by atoms with Gasteiger partial charge in [0.15, 0.2) is 12.4 Å². The molecule has 9 nitrogen and oxygen atoms in total. The van der Waals surface area contributed by atoms with Crippen LogP contribution in [-0.2, 0) is 33.3 Å². The van der Waals surface area contributed by atoms with E-state index in [-0.39, 0.29) is 32.2 Å². The number of ether oxygens (including phenoxy) is 4. The number of unbranched alkanes of at least 4 members (excludes halogenated alkanes) is 38. The molecule has 0 aliphatic rings. The number of nitrogens with zero attached hydrogens (tertiary/aromatic N) is 1. The summed E-state index contributed by atoms with van der Waals surface area (Å²) in [5.74, 6) is -2.28. The molecule has 0 aliphatic heterocycles. The number of carbonyl (C=O) groups is 3. The van der Waals surface area contributed by atoms with E-state index in [1.807, 2.05) is 21.1 Å². The van der Waals surface area contributed by atoms with Crippen LogP contribution in [0.3, 0.4) is 0 Å². The molecule has 9 heteroatoms. The van der Waals surface area contributed by atoms with E-state index in [1.54, 1.807) is 0 Å². The number of aliphatic carboxylic acids is 1. The van der Waals surface area contributed by atoms with Crippen molar-refractivity contribution in [2.45, 2.75) is 360 Å². The second kappa shape index (κ2) is 75.5. The van der Waals surface area contributed by atoms with Crippen LogP contribution in [0.1, 0.15) is 348 Å². The fraction of sp³-hybridized carbons (Fsp3) is 0.733. The fourth-order valence-corrected chi connectivity index (χ4v) is 11.2. The van der Waals surface area contributed by atoms with Crippen molar-refractivity contribution in [3.05, 3.63) is 122 Å². The summed E-state index contributed by atoms with van der Waals surface area (Å²) in [5, 5.41) is 11.9. The number of quaternary nitrogens is 1. The zero-order valence-corrected chi connectivity index (χ0v) is 62.5. The first-order chi connectivity index (χ1) is 46.6. The number of rotatable bonds is 73. The maximum Gasteiger partial charge on any atom is 0.306 e. The summed E-state index contributed by atoms with van der Waals surface area (Å²) < 4.78 is 22.9.